The Morgan fingerprint density at radius 3 is 2.80 bits per heavy atom. The van der Waals surface area contributed by atoms with Gasteiger partial charge in [-0.3, -0.25) is 4.79 Å². The van der Waals surface area contributed by atoms with Crippen LogP contribution >= 0.6 is 11.5 Å². The molecule has 2 rings (SSSR count). The van der Waals surface area contributed by atoms with Crippen LogP contribution in [0.2, 0.25) is 0 Å². The predicted octanol–water partition coefficient (Wildman–Crippen LogP) is 0.916. The number of carbonyl (C=O) groups excluding carboxylic acids is 1. The molecule has 1 aromatic carbocycles. The quantitative estimate of drug-likeness (QED) is 0.326. The molecular formula is C11H11N5O3S. The van der Waals surface area contributed by atoms with E-state index in [0.717, 1.165) is 11.5 Å². The maximum absolute atomic E-state index is 11.7. The first-order valence-corrected chi connectivity index (χ1v) is 6.30. The molecule has 0 aliphatic rings. The molecule has 104 valence electrons. The molecule has 0 fully saturated rings. The number of amidine groups is 1. The third-order valence-corrected chi connectivity index (χ3v) is 2.72. The molecular weight excluding hydrogens is 282 g/mol. The summed E-state index contributed by atoms with van der Waals surface area (Å²) in [6.07, 6.45) is 0. The molecule has 2 aromatic rings. The third-order valence-electron chi connectivity index (χ3n) is 2.22. The zero-order chi connectivity index (χ0) is 14.4. The van der Waals surface area contributed by atoms with Crippen molar-refractivity contribution in [1.82, 2.24) is 9.59 Å². The topological polar surface area (TPSA) is 123 Å². The highest BCUT2D eigenvalue weighted by Crippen LogP contribution is 2.16. The Balaban J connectivity index is 1.93. The Morgan fingerprint density at radius 2 is 2.20 bits per heavy atom. The number of nitrogens with two attached hydrogens (primary N) is 1. The van der Waals surface area contributed by atoms with Crippen molar-refractivity contribution >= 4 is 29.0 Å². The first-order chi connectivity index (χ1) is 9.69. The van der Waals surface area contributed by atoms with Gasteiger partial charge in [-0.05, 0) is 35.8 Å². The number of hydrogen-bond donors (Lipinski definition) is 3. The first-order valence-electron chi connectivity index (χ1n) is 5.46. The lowest BCUT2D eigenvalue weighted by molar-refractivity contribution is 0.102. The summed E-state index contributed by atoms with van der Waals surface area (Å²) in [5, 5.41) is 19.1. The summed E-state index contributed by atoms with van der Waals surface area (Å²) in [4.78, 5) is 11.7. The first kappa shape index (κ1) is 13.7. The van der Waals surface area contributed by atoms with Crippen LogP contribution in [0, 0.1) is 0 Å². The van der Waals surface area contributed by atoms with Gasteiger partial charge in [-0.2, -0.15) is 0 Å². The van der Waals surface area contributed by atoms with Crippen molar-refractivity contribution in [2.24, 2.45) is 10.9 Å². The summed E-state index contributed by atoms with van der Waals surface area (Å²) in [5.41, 5.74) is 6.14. The molecule has 0 bridgehead atoms. The lowest BCUT2D eigenvalue weighted by Crippen LogP contribution is -2.20. The summed E-state index contributed by atoms with van der Waals surface area (Å²) in [5.74, 6) is 0.174. The van der Waals surface area contributed by atoms with E-state index >= 15 is 0 Å². The lowest BCUT2D eigenvalue weighted by atomic mass is 10.3. The number of benzene rings is 1. The van der Waals surface area contributed by atoms with E-state index in [1.165, 1.54) is 0 Å². The van der Waals surface area contributed by atoms with Gasteiger partial charge in [0.2, 0.25) is 0 Å². The van der Waals surface area contributed by atoms with Crippen LogP contribution in [0.15, 0.2) is 34.8 Å². The van der Waals surface area contributed by atoms with E-state index in [2.05, 4.69) is 20.1 Å². The van der Waals surface area contributed by atoms with E-state index in [1.54, 1.807) is 29.6 Å². The van der Waals surface area contributed by atoms with Crippen LogP contribution in [-0.4, -0.2) is 33.1 Å². The Bertz CT molecular complexity index is 597. The number of aromatic nitrogens is 2. The average molecular weight is 293 g/mol. The Labute approximate surface area is 118 Å². The number of oxime groups is 1. The highest BCUT2D eigenvalue weighted by Gasteiger charge is 2.08. The van der Waals surface area contributed by atoms with E-state index < -0.39 is 0 Å². The van der Waals surface area contributed by atoms with Crippen LogP contribution in [0.3, 0.4) is 0 Å². The van der Waals surface area contributed by atoms with Gasteiger partial charge in [-0.15, -0.1) is 5.10 Å². The molecule has 0 saturated heterocycles. The van der Waals surface area contributed by atoms with E-state index in [0.29, 0.717) is 11.4 Å². The molecule has 1 aromatic heterocycles. The van der Waals surface area contributed by atoms with Crippen LogP contribution in [-0.2, 0) is 0 Å². The van der Waals surface area contributed by atoms with Crippen LogP contribution in [0.1, 0.15) is 10.5 Å². The van der Waals surface area contributed by atoms with Gasteiger partial charge in [0.15, 0.2) is 11.5 Å². The molecule has 0 unspecified atom stereocenters. The van der Waals surface area contributed by atoms with Crippen LogP contribution in [0.25, 0.3) is 0 Å². The number of nitrogens with zero attached hydrogens (tertiary/aromatic N) is 3. The smallest absolute Gasteiger partial charge is 0.277 e. The SMILES string of the molecule is NC(COc1ccc(NC(=O)c2csnn2)cc1)=NO. The van der Waals surface area contributed by atoms with E-state index in [1.807, 2.05) is 0 Å². The normalized spacial score (nSPS) is 11.1. The number of nitrogens with one attached hydrogen (secondary N) is 1. The Hall–Kier alpha value is -2.68. The zero-order valence-corrected chi connectivity index (χ0v) is 11.0. The van der Waals surface area contributed by atoms with Crippen molar-refractivity contribution in [3.63, 3.8) is 0 Å². The summed E-state index contributed by atoms with van der Waals surface area (Å²) < 4.78 is 8.86. The minimum Gasteiger partial charge on any atom is -0.486 e. The molecule has 4 N–H and O–H groups in total. The van der Waals surface area contributed by atoms with E-state index in [4.69, 9.17) is 15.7 Å². The summed E-state index contributed by atoms with van der Waals surface area (Å²) in [6, 6.07) is 6.64. The number of rotatable bonds is 5. The van der Waals surface area contributed by atoms with Gasteiger partial charge in [0, 0.05) is 11.1 Å². The van der Waals surface area contributed by atoms with Gasteiger partial charge in [0.1, 0.15) is 12.4 Å². The average Bonchev–Trinajstić information content (AvgIpc) is 3.00. The van der Waals surface area contributed by atoms with Gasteiger partial charge >= 0.3 is 0 Å². The van der Waals surface area contributed by atoms with E-state index in [-0.39, 0.29) is 24.0 Å². The van der Waals surface area contributed by atoms with Gasteiger partial charge in [-0.1, -0.05) is 9.64 Å². The van der Waals surface area contributed by atoms with Gasteiger partial charge in [0.05, 0.1) is 0 Å². The second kappa shape index (κ2) is 6.48. The Kier molecular flexibility index (Phi) is 4.45. The molecule has 0 aliphatic carbocycles. The standard InChI is InChI=1S/C11H11N5O3S/c12-10(15-18)5-19-8-3-1-7(2-4-8)13-11(17)9-6-20-16-14-9/h1-4,6,18H,5H2,(H2,12,15)(H,13,17). The van der Waals surface area contributed by atoms with Gasteiger partial charge in [0.25, 0.3) is 5.91 Å². The molecule has 0 saturated carbocycles. The van der Waals surface area contributed by atoms with Crippen molar-refractivity contribution < 1.29 is 14.7 Å². The van der Waals surface area contributed by atoms with Crippen LogP contribution < -0.4 is 15.8 Å². The molecule has 1 heterocycles. The zero-order valence-electron chi connectivity index (χ0n) is 10.2. The summed E-state index contributed by atoms with van der Waals surface area (Å²) in [7, 11) is 0. The minimum atomic E-state index is -0.330. The van der Waals surface area contributed by atoms with E-state index in [9.17, 15) is 4.79 Å². The van der Waals surface area contributed by atoms with Gasteiger partial charge < -0.3 is 21.0 Å². The Morgan fingerprint density at radius 1 is 1.45 bits per heavy atom. The van der Waals surface area contributed by atoms with Gasteiger partial charge in [-0.25, -0.2) is 0 Å². The number of ether oxygens (including phenoxy) is 1. The molecule has 8 nitrogen and oxygen atoms in total. The number of carbonyl (C=O) groups is 1. The maximum atomic E-state index is 11.7. The van der Waals surface area contributed by atoms with Crippen molar-refractivity contribution in [3.8, 4) is 5.75 Å². The minimum absolute atomic E-state index is 0.0211. The highest BCUT2D eigenvalue weighted by atomic mass is 32.1. The largest absolute Gasteiger partial charge is 0.486 e. The molecule has 9 heteroatoms. The summed E-state index contributed by atoms with van der Waals surface area (Å²) in [6.45, 7) is -0.0211. The molecule has 0 atom stereocenters. The van der Waals surface area contributed by atoms with Crippen LogP contribution in [0.4, 0.5) is 5.69 Å². The second-order valence-corrected chi connectivity index (χ2v) is 4.26. The number of hydrogen-bond acceptors (Lipinski definition) is 7. The molecule has 20 heavy (non-hydrogen) atoms. The highest BCUT2D eigenvalue weighted by molar-refractivity contribution is 7.03. The fraction of sp³-hybridized carbons (Fsp3) is 0.0909. The predicted molar refractivity (Wildman–Crippen MR) is 73.2 cm³/mol. The molecule has 0 radical (unpaired) electrons. The molecule has 1 amide bonds. The lowest BCUT2D eigenvalue weighted by Gasteiger charge is -2.06. The van der Waals surface area contributed by atoms with Crippen molar-refractivity contribution in [1.29, 1.82) is 0 Å². The molecule has 0 aliphatic heterocycles. The van der Waals surface area contributed by atoms with Crippen molar-refractivity contribution in [3.05, 3.63) is 35.3 Å². The second-order valence-electron chi connectivity index (χ2n) is 3.65. The van der Waals surface area contributed by atoms with Crippen molar-refractivity contribution in [2.45, 2.75) is 0 Å². The number of anilines is 1. The monoisotopic (exact) mass is 293 g/mol. The summed E-state index contributed by atoms with van der Waals surface area (Å²) >= 11 is 1.11. The fourth-order valence-electron chi connectivity index (χ4n) is 1.28. The van der Waals surface area contributed by atoms with Crippen LogP contribution in [0.5, 0.6) is 5.75 Å². The molecule has 0 spiro atoms. The number of amides is 1. The third kappa shape index (κ3) is 3.65. The van der Waals surface area contributed by atoms with Crippen molar-refractivity contribution in [2.75, 3.05) is 11.9 Å². The fourth-order valence-corrected chi connectivity index (χ4v) is 1.72. The maximum Gasteiger partial charge on any atom is 0.277 e.